The quantitative estimate of drug-likeness (QED) is 0.817. The zero-order valence-corrected chi connectivity index (χ0v) is 17.0. The number of likely N-dealkylation sites (tertiary alicyclic amines) is 2. The molecule has 0 saturated carbocycles. The van der Waals surface area contributed by atoms with Gasteiger partial charge < -0.3 is 9.64 Å². The van der Waals surface area contributed by atoms with Crippen LogP contribution < -0.4 is 5.32 Å². The van der Waals surface area contributed by atoms with Crippen LogP contribution >= 0.6 is 0 Å². The highest BCUT2D eigenvalue weighted by Gasteiger charge is 2.50. The Morgan fingerprint density at radius 1 is 1.21 bits per heavy atom. The van der Waals surface area contributed by atoms with Crippen molar-refractivity contribution in [2.24, 2.45) is 0 Å². The van der Waals surface area contributed by atoms with Crippen molar-refractivity contribution in [3.8, 4) is 0 Å². The molecule has 1 aromatic rings. The third kappa shape index (κ3) is 3.64. The van der Waals surface area contributed by atoms with Crippen LogP contribution in [-0.4, -0.2) is 82.2 Å². The van der Waals surface area contributed by atoms with Gasteiger partial charge in [-0.1, -0.05) is 0 Å². The molecule has 4 rings (SSSR count). The number of rotatable bonds is 2. The zero-order chi connectivity index (χ0) is 20.1. The molecular weight excluding hydrogens is 358 g/mol. The van der Waals surface area contributed by atoms with Crippen LogP contribution in [0.4, 0.5) is 4.79 Å². The first-order valence-corrected chi connectivity index (χ1v) is 9.87. The van der Waals surface area contributed by atoms with E-state index < -0.39 is 5.60 Å². The van der Waals surface area contributed by atoms with Gasteiger partial charge in [0.25, 0.3) is 0 Å². The van der Waals surface area contributed by atoms with Crippen molar-refractivity contribution < 1.29 is 14.3 Å². The number of ketones is 1. The maximum absolute atomic E-state index is 12.6. The van der Waals surface area contributed by atoms with Crippen molar-refractivity contribution >= 4 is 11.9 Å². The second-order valence-electron chi connectivity index (χ2n) is 9.01. The minimum Gasteiger partial charge on any atom is -0.444 e. The van der Waals surface area contributed by atoms with Gasteiger partial charge >= 0.3 is 6.09 Å². The molecule has 0 radical (unpaired) electrons. The van der Waals surface area contributed by atoms with Gasteiger partial charge in [-0.25, -0.2) is 4.79 Å². The van der Waals surface area contributed by atoms with E-state index in [1.165, 1.54) is 0 Å². The number of carbonyl (C=O) groups is 2. The van der Waals surface area contributed by atoms with Crippen molar-refractivity contribution in [2.75, 3.05) is 26.7 Å². The lowest BCUT2D eigenvalue weighted by molar-refractivity contribution is -0.131. The molecular formula is C20H29N5O3. The van der Waals surface area contributed by atoms with Crippen LogP contribution in [0.2, 0.25) is 0 Å². The van der Waals surface area contributed by atoms with Crippen LogP contribution in [0.3, 0.4) is 0 Å². The molecule has 3 aliphatic rings. The summed E-state index contributed by atoms with van der Waals surface area (Å²) in [4.78, 5) is 35.4. The van der Waals surface area contributed by atoms with Crippen molar-refractivity contribution in [2.45, 2.75) is 57.2 Å². The Bertz CT molecular complexity index is 750. The largest absolute Gasteiger partial charge is 0.444 e. The van der Waals surface area contributed by atoms with E-state index in [1.807, 2.05) is 44.9 Å². The number of nitrogens with zero attached hydrogens (tertiary/aromatic N) is 4. The summed E-state index contributed by atoms with van der Waals surface area (Å²) in [6, 6.07) is 3.87. The minimum atomic E-state index is -0.484. The number of hydrogen-bond donors (Lipinski definition) is 1. The molecule has 4 heterocycles. The van der Waals surface area contributed by atoms with E-state index in [1.54, 1.807) is 12.4 Å². The Morgan fingerprint density at radius 3 is 2.54 bits per heavy atom. The molecule has 0 spiro atoms. The maximum atomic E-state index is 12.6. The number of nitrogens with one attached hydrogen (secondary N) is 1. The number of fused-ring (bicyclic) bond motifs is 2. The van der Waals surface area contributed by atoms with E-state index in [4.69, 9.17) is 4.74 Å². The monoisotopic (exact) mass is 387 g/mol. The van der Waals surface area contributed by atoms with E-state index in [2.05, 4.69) is 20.1 Å². The zero-order valence-electron chi connectivity index (χ0n) is 17.0. The maximum Gasteiger partial charge on any atom is 0.410 e. The molecule has 0 aliphatic carbocycles. The van der Waals surface area contributed by atoms with Gasteiger partial charge in [0, 0.05) is 37.6 Å². The molecule has 1 amide bonds. The van der Waals surface area contributed by atoms with E-state index in [0.717, 1.165) is 18.5 Å². The lowest BCUT2D eigenvalue weighted by atomic mass is 10.0. The topological polar surface area (TPSA) is 78.0 Å². The molecule has 3 fully saturated rings. The predicted molar refractivity (Wildman–Crippen MR) is 103 cm³/mol. The highest BCUT2D eigenvalue weighted by Crippen LogP contribution is 2.34. The molecule has 2 bridgehead atoms. The van der Waals surface area contributed by atoms with E-state index in [-0.39, 0.29) is 36.3 Å². The predicted octanol–water partition coefficient (Wildman–Crippen LogP) is 1.20. The average molecular weight is 387 g/mol. The van der Waals surface area contributed by atoms with Gasteiger partial charge in [0.15, 0.2) is 5.78 Å². The second-order valence-corrected chi connectivity index (χ2v) is 9.01. The van der Waals surface area contributed by atoms with Crippen molar-refractivity contribution in [1.29, 1.82) is 0 Å². The third-order valence-electron chi connectivity index (χ3n) is 5.72. The number of hydrogen-bond acceptors (Lipinski definition) is 7. The van der Waals surface area contributed by atoms with Crippen molar-refractivity contribution in [3.05, 3.63) is 30.1 Å². The third-order valence-corrected chi connectivity index (χ3v) is 5.72. The first-order chi connectivity index (χ1) is 13.2. The fraction of sp³-hybridized carbons (Fsp3) is 0.650. The number of Topliss-reactive ketones (excluding diaryl/α,β-unsaturated/α-hetero) is 1. The Balaban J connectivity index is 1.44. The number of piperazine rings is 1. The van der Waals surface area contributed by atoms with Gasteiger partial charge in [0.1, 0.15) is 11.9 Å². The highest BCUT2D eigenvalue weighted by atomic mass is 16.6. The molecule has 28 heavy (non-hydrogen) atoms. The van der Waals surface area contributed by atoms with Crippen LogP contribution in [0.25, 0.3) is 0 Å². The number of ether oxygens (including phenoxy) is 1. The molecule has 1 N–H and O–H groups in total. The van der Waals surface area contributed by atoms with Crippen molar-refractivity contribution in [3.63, 3.8) is 0 Å². The van der Waals surface area contributed by atoms with Gasteiger partial charge in [0.2, 0.25) is 0 Å². The molecule has 8 nitrogen and oxygen atoms in total. The second kappa shape index (κ2) is 7.09. The average Bonchev–Trinajstić information content (AvgIpc) is 3.22. The van der Waals surface area contributed by atoms with Crippen LogP contribution in [0, 0.1) is 0 Å². The molecule has 3 aliphatic heterocycles. The number of carbonyl (C=O) groups excluding carboxylic acids is 2. The highest BCUT2D eigenvalue weighted by molar-refractivity contribution is 5.87. The van der Waals surface area contributed by atoms with E-state index in [9.17, 15) is 9.59 Å². The van der Waals surface area contributed by atoms with Crippen LogP contribution in [-0.2, 0) is 9.53 Å². The lowest BCUT2D eigenvalue weighted by Crippen LogP contribution is -2.66. The van der Waals surface area contributed by atoms with Crippen molar-refractivity contribution in [1.82, 2.24) is 25.0 Å². The summed E-state index contributed by atoms with van der Waals surface area (Å²) < 4.78 is 5.56. The van der Waals surface area contributed by atoms with E-state index >= 15 is 0 Å². The van der Waals surface area contributed by atoms with Gasteiger partial charge in [0.05, 0.1) is 12.6 Å². The first-order valence-electron chi connectivity index (χ1n) is 9.87. The van der Waals surface area contributed by atoms with Crippen LogP contribution in [0.5, 0.6) is 0 Å². The summed E-state index contributed by atoms with van der Waals surface area (Å²) in [5.41, 5.74) is 0.458. The molecule has 8 heteroatoms. The van der Waals surface area contributed by atoms with Gasteiger partial charge in [-0.15, -0.1) is 0 Å². The normalized spacial score (nSPS) is 31.4. The minimum absolute atomic E-state index is 0.0355. The van der Waals surface area contributed by atoms with Gasteiger partial charge in [-0.05, 0) is 51.9 Å². The summed E-state index contributed by atoms with van der Waals surface area (Å²) in [6.45, 7) is 7.52. The Hall–Kier alpha value is -2.03. The fourth-order valence-corrected chi connectivity index (χ4v) is 4.52. The van der Waals surface area contributed by atoms with Crippen LogP contribution in [0.15, 0.2) is 24.5 Å². The molecule has 152 valence electrons. The SMILES string of the molecule is CN1CC(=O)C(c2ccncc2)NC1N1C[C@@H]2CC1CN2C(=O)OC(C)(C)C. The molecule has 0 aromatic carbocycles. The van der Waals surface area contributed by atoms with Gasteiger partial charge in [-0.3, -0.25) is 24.9 Å². The lowest BCUT2D eigenvalue weighted by Gasteiger charge is -2.46. The number of pyridine rings is 1. The number of likely N-dealkylation sites (N-methyl/N-ethyl adjacent to an activating group) is 1. The first kappa shape index (κ1) is 19.3. The molecule has 3 saturated heterocycles. The Labute approximate surface area is 165 Å². The summed E-state index contributed by atoms with van der Waals surface area (Å²) >= 11 is 0. The Kier molecular flexibility index (Phi) is 4.89. The van der Waals surface area contributed by atoms with Gasteiger partial charge in [-0.2, -0.15) is 0 Å². The summed E-state index contributed by atoms with van der Waals surface area (Å²) in [5, 5.41) is 3.52. The van der Waals surface area contributed by atoms with Crippen LogP contribution in [0.1, 0.15) is 38.8 Å². The molecule has 3 unspecified atom stereocenters. The number of amides is 1. The number of aromatic nitrogens is 1. The Morgan fingerprint density at radius 2 is 1.93 bits per heavy atom. The standard InChI is InChI=1S/C20H29N5O3/c1-20(2,3)28-19(27)25-11-14-9-15(25)10-24(14)18-22-17(16(26)12-23(18)4)13-5-7-21-8-6-13/h5-8,14-15,17-18,22H,9-12H2,1-4H3/t14?,15-,17?,18?/m0/s1. The van der Waals surface area contributed by atoms with E-state index in [0.29, 0.717) is 13.1 Å². The molecule has 4 atom stereocenters. The summed E-state index contributed by atoms with van der Waals surface area (Å²) in [6.07, 6.45) is 4.11. The summed E-state index contributed by atoms with van der Waals surface area (Å²) in [7, 11) is 1.97. The molecule has 1 aromatic heterocycles. The fourth-order valence-electron chi connectivity index (χ4n) is 4.52. The summed E-state index contributed by atoms with van der Waals surface area (Å²) in [5.74, 6) is 0.157. The smallest absolute Gasteiger partial charge is 0.410 e.